The van der Waals surface area contributed by atoms with E-state index in [2.05, 4.69) is 46.5 Å². The van der Waals surface area contributed by atoms with Crippen LogP contribution in [0.1, 0.15) is 38.5 Å². The third-order valence-electron chi connectivity index (χ3n) is 2.93. The second-order valence-corrected chi connectivity index (χ2v) is 6.27. The molecule has 1 aromatic heterocycles. The molecule has 1 atom stereocenters. The van der Waals surface area contributed by atoms with Gasteiger partial charge in [0, 0.05) is 27.3 Å². The highest BCUT2D eigenvalue weighted by molar-refractivity contribution is 9.10. The average Bonchev–Trinajstić information content (AvgIpc) is 2.78. The summed E-state index contributed by atoms with van der Waals surface area (Å²) in [7, 11) is 0. The summed E-state index contributed by atoms with van der Waals surface area (Å²) in [4.78, 5) is 13.1. The van der Waals surface area contributed by atoms with Gasteiger partial charge in [0.2, 0.25) is 5.91 Å². The van der Waals surface area contributed by atoms with Crippen molar-refractivity contribution >= 4 is 33.2 Å². The van der Waals surface area contributed by atoms with Gasteiger partial charge in [0.25, 0.3) is 0 Å². The molecule has 18 heavy (non-hydrogen) atoms. The quantitative estimate of drug-likeness (QED) is 0.804. The van der Waals surface area contributed by atoms with E-state index in [0.717, 1.165) is 23.9 Å². The van der Waals surface area contributed by atoms with Crippen molar-refractivity contribution in [3.05, 3.63) is 20.8 Å². The molecule has 0 aliphatic rings. The number of rotatable bonds is 7. The minimum Gasteiger partial charge on any atom is -0.352 e. The molecule has 0 aromatic carbocycles. The normalized spacial score (nSPS) is 12.7. The van der Waals surface area contributed by atoms with Gasteiger partial charge in [-0.1, -0.05) is 13.8 Å². The number of carbonyl (C=O) groups is 1. The molecule has 0 aliphatic carbocycles. The Bertz CT molecular complexity index is 377. The Balaban J connectivity index is 2.35. The second kappa shape index (κ2) is 7.92. The van der Waals surface area contributed by atoms with E-state index in [9.17, 15) is 4.79 Å². The van der Waals surface area contributed by atoms with E-state index in [1.165, 1.54) is 4.88 Å². The van der Waals surface area contributed by atoms with Crippen LogP contribution in [0.4, 0.5) is 0 Å². The zero-order valence-corrected chi connectivity index (χ0v) is 13.5. The fourth-order valence-electron chi connectivity index (χ4n) is 1.61. The van der Waals surface area contributed by atoms with Crippen LogP contribution in [0.2, 0.25) is 0 Å². The molecule has 0 radical (unpaired) electrons. The van der Waals surface area contributed by atoms with Gasteiger partial charge >= 0.3 is 0 Å². The molecule has 1 rings (SSSR count). The summed E-state index contributed by atoms with van der Waals surface area (Å²) < 4.78 is 1.10. The highest BCUT2D eigenvalue weighted by Crippen LogP contribution is 2.19. The largest absolute Gasteiger partial charge is 0.352 e. The molecule has 5 heteroatoms. The Labute approximate surface area is 121 Å². The fourth-order valence-corrected chi connectivity index (χ4v) is 3.01. The lowest BCUT2D eigenvalue weighted by Gasteiger charge is -2.19. The first kappa shape index (κ1) is 15.7. The van der Waals surface area contributed by atoms with E-state index in [1.807, 2.05) is 12.3 Å². The zero-order valence-electron chi connectivity index (χ0n) is 11.1. The molecular weight excluding hydrogens is 312 g/mol. The SMILES string of the molecule is CCC(CC)NC(=O)C(C)NCc1cc(Br)cs1. The number of carbonyl (C=O) groups excluding carboxylic acids is 1. The first-order valence-corrected chi connectivity index (χ1v) is 8.00. The minimum atomic E-state index is -0.161. The molecule has 0 fully saturated rings. The Hall–Kier alpha value is -0.390. The molecule has 1 amide bonds. The van der Waals surface area contributed by atoms with Crippen molar-refractivity contribution in [1.82, 2.24) is 10.6 Å². The van der Waals surface area contributed by atoms with Crippen LogP contribution < -0.4 is 10.6 Å². The molecule has 1 heterocycles. The summed E-state index contributed by atoms with van der Waals surface area (Å²) in [6, 6.07) is 2.20. The van der Waals surface area contributed by atoms with Crippen molar-refractivity contribution in [3.8, 4) is 0 Å². The average molecular weight is 333 g/mol. The van der Waals surface area contributed by atoms with E-state index >= 15 is 0 Å². The van der Waals surface area contributed by atoms with Crippen LogP contribution in [0, 0.1) is 0 Å². The molecule has 0 bridgehead atoms. The maximum atomic E-state index is 11.9. The van der Waals surface area contributed by atoms with Gasteiger partial charge in [0.05, 0.1) is 6.04 Å². The van der Waals surface area contributed by atoms with Crippen LogP contribution >= 0.6 is 27.3 Å². The number of nitrogens with one attached hydrogen (secondary N) is 2. The second-order valence-electron chi connectivity index (χ2n) is 4.36. The van der Waals surface area contributed by atoms with Crippen LogP contribution in [0.3, 0.4) is 0 Å². The summed E-state index contributed by atoms with van der Waals surface area (Å²) in [5, 5.41) is 8.34. The van der Waals surface area contributed by atoms with Gasteiger partial charge in [-0.05, 0) is 41.8 Å². The molecule has 102 valence electrons. The van der Waals surface area contributed by atoms with Crippen LogP contribution in [0.5, 0.6) is 0 Å². The van der Waals surface area contributed by atoms with Crippen molar-refractivity contribution in [2.75, 3.05) is 0 Å². The maximum Gasteiger partial charge on any atom is 0.237 e. The lowest BCUT2D eigenvalue weighted by molar-refractivity contribution is -0.123. The smallest absolute Gasteiger partial charge is 0.237 e. The molecule has 0 aliphatic heterocycles. The Morgan fingerprint density at radius 1 is 1.44 bits per heavy atom. The molecule has 0 saturated carbocycles. The van der Waals surface area contributed by atoms with Crippen molar-refractivity contribution in [1.29, 1.82) is 0 Å². The van der Waals surface area contributed by atoms with Gasteiger partial charge < -0.3 is 10.6 Å². The van der Waals surface area contributed by atoms with Crippen molar-refractivity contribution < 1.29 is 4.79 Å². The van der Waals surface area contributed by atoms with E-state index in [1.54, 1.807) is 11.3 Å². The number of amides is 1. The van der Waals surface area contributed by atoms with Crippen LogP contribution in [0.25, 0.3) is 0 Å². The van der Waals surface area contributed by atoms with Crippen LogP contribution in [0.15, 0.2) is 15.9 Å². The third-order valence-corrected chi connectivity index (χ3v) is 4.63. The molecule has 2 N–H and O–H groups in total. The molecular formula is C13H21BrN2OS. The fraction of sp³-hybridized carbons (Fsp3) is 0.615. The van der Waals surface area contributed by atoms with E-state index in [0.29, 0.717) is 0 Å². The van der Waals surface area contributed by atoms with Gasteiger partial charge in [0.15, 0.2) is 0 Å². The van der Waals surface area contributed by atoms with Gasteiger partial charge in [-0.15, -0.1) is 11.3 Å². The van der Waals surface area contributed by atoms with E-state index in [4.69, 9.17) is 0 Å². The summed E-state index contributed by atoms with van der Waals surface area (Å²) >= 11 is 5.11. The van der Waals surface area contributed by atoms with Crippen molar-refractivity contribution in [2.24, 2.45) is 0 Å². The highest BCUT2D eigenvalue weighted by Gasteiger charge is 2.15. The number of halogens is 1. The van der Waals surface area contributed by atoms with Crippen LogP contribution in [-0.2, 0) is 11.3 Å². The molecule has 0 saturated heterocycles. The summed E-state index contributed by atoms with van der Waals surface area (Å²) in [6.07, 6.45) is 1.96. The summed E-state index contributed by atoms with van der Waals surface area (Å²) in [6.45, 7) is 6.82. The lowest BCUT2D eigenvalue weighted by Crippen LogP contribution is -2.45. The first-order valence-electron chi connectivity index (χ1n) is 6.33. The Morgan fingerprint density at radius 2 is 2.11 bits per heavy atom. The summed E-state index contributed by atoms with van der Waals surface area (Å²) in [5.74, 6) is 0.0827. The Kier molecular flexibility index (Phi) is 6.89. The van der Waals surface area contributed by atoms with Gasteiger partial charge in [0.1, 0.15) is 0 Å². The lowest BCUT2D eigenvalue weighted by atomic mass is 10.1. The topological polar surface area (TPSA) is 41.1 Å². The zero-order chi connectivity index (χ0) is 13.5. The predicted molar refractivity (Wildman–Crippen MR) is 80.8 cm³/mol. The molecule has 3 nitrogen and oxygen atoms in total. The molecule has 1 aromatic rings. The number of hydrogen-bond donors (Lipinski definition) is 2. The minimum absolute atomic E-state index is 0.0827. The highest BCUT2D eigenvalue weighted by atomic mass is 79.9. The maximum absolute atomic E-state index is 11.9. The van der Waals surface area contributed by atoms with Crippen molar-refractivity contribution in [3.63, 3.8) is 0 Å². The number of thiophene rings is 1. The van der Waals surface area contributed by atoms with Gasteiger partial charge in [-0.3, -0.25) is 4.79 Å². The van der Waals surface area contributed by atoms with Gasteiger partial charge in [-0.25, -0.2) is 0 Å². The van der Waals surface area contributed by atoms with E-state index < -0.39 is 0 Å². The monoisotopic (exact) mass is 332 g/mol. The first-order chi connectivity index (χ1) is 8.56. The van der Waals surface area contributed by atoms with Gasteiger partial charge in [-0.2, -0.15) is 0 Å². The van der Waals surface area contributed by atoms with Crippen molar-refractivity contribution in [2.45, 2.75) is 52.2 Å². The van der Waals surface area contributed by atoms with E-state index in [-0.39, 0.29) is 18.0 Å². The predicted octanol–water partition coefficient (Wildman–Crippen LogP) is 3.29. The standard InChI is InChI=1S/C13H21BrN2OS/c1-4-11(5-2)16-13(17)9(3)15-7-12-6-10(14)8-18-12/h6,8-9,11,15H,4-5,7H2,1-3H3,(H,16,17). The Morgan fingerprint density at radius 3 is 2.61 bits per heavy atom. The summed E-state index contributed by atoms with van der Waals surface area (Å²) in [5.41, 5.74) is 0. The molecule has 1 unspecified atom stereocenters. The third kappa shape index (κ3) is 5.08. The molecule has 0 spiro atoms. The van der Waals surface area contributed by atoms with Crippen LogP contribution in [-0.4, -0.2) is 18.0 Å². The number of hydrogen-bond acceptors (Lipinski definition) is 3.